The fourth-order valence-corrected chi connectivity index (χ4v) is 4.83. The number of halogens is 4. The quantitative estimate of drug-likeness (QED) is 0.246. The molecule has 40 heavy (non-hydrogen) atoms. The number of likely N-dealkylation sites (tertiary alicyclic amines) is 1. The van der Waals surface area contributed by atoms with Crippen LogP contribution in [0.15, 0.2) is 55.0 Å². The molecule has 1 fully saturated rings. The first-order valence-corrected chi connectivity index (χ1v) is 13.0. The molecular formula is C28H29F4N7O. The lowest BCUT2D eigenvalue weighted by atomic mass is 10.0. The van der Waals surface area contributed by atoms with Gasteiger partial charge in [-0.15, -0.1) is 0 Å². The van der Waals surface area contributed by atoms with E-state index in [0.717, 1.165) is 16.7 Å². The molecule has 1 aromatic carbocycles. The molecule has 5 rings (SSSR count). The topological polar surface area (TPSA) is 90.0 Å². The van der Waals surface area contributed by atoms with Crippen LogP contribution in [0.25, 0.3) is 22.0 Å². The number of anilines is 2. The highest BCUT2D eigenvalue weighted by molar-refractivity contribution is 6.11. The van der Waals surface area contributed by atoms with Gasteiger partial charge in [-0.2, -0.15) is 5.10 Å². The number of fused-ring (bicyclic) bond motifs is 1. The van der Waals surface area contributed by atoms with E-state index >= 15 is 0 Å². The molecule has 4 aromatic rings. The highest BCUT2D eigenvalue weighted by atomic mass is 19.3. The molecule has 0 aliphatic carbocycles. The van der Waals surface area contributed by atoms with Crippen LogP contribution < -0.4 is 10.2 Å². The second kappa shape index (κ2) is 12.0. The van der Waals surface area contributed by atoms with Crippen LogP contribution in [0.1, 0.15) is 28.9 Å². The van der Waals surface area contributed by atoms with Crippen molar-refractivity contribution >= 4 is 28.3 Å². The van der Waals surface area contributed by atoms with Crippen LogP contribution in [0.3, 0.4) is 0 Å². The number of alkyl halides is 4. The lowest BCUT2D eigenvalue weighted by Gasteiger charge is -2.21. The van der Waals surface area contributed by atoms with Gasteiger partial charge in [0.15, 0.2) is 5.69 Å². The first-order valence-electron chi connectivity index (χ1n) is 13.0. The van der Waals surface area contributed by atoms with E-state index in [1.807, 2.05) is 24.3 Å². The van der Waals surface area contributed by atoms with Crippen molar-refractivity contribution in [3.8, 4) is 11.1 Å². The predicted molar refractivity (Wildman–Crippen MR) is 145 cm³/mol. The number of carbonyl (C=O) groups is 1. The number of rotatable bonds is 11. The molecule has 1 amide bonds. The van der Waals surface area contributed by atoms with Crippen molar-refractivity contribution in [3.05, 3.63) is 66.2 Å². The Morgan fingerprint density at radius 1 is 1.05 bits per heavy atom. The maximum Gasteiger partial charge on any atom is 0.276 e. The largest absolute Gasteiger partial charge is 0.354 e. The Balaban J connectivity index is 1.31. The molecule has 2 N–H and O–H groups in total. The number of carbonyl (C=O) groups excluding carboxylic acids is 1. The molecule has 0 bridgehead atoms. The van der Waals surface area contributed by atoms with Gasteiger partial charge >= 0.3 is 0 Å². The molecule has 4 heterocycles. The molecule has 0 unspecified atom stereocenters. The second-order valence-corrected chi connectivity index (χ2v) is 9.81. The van der Waals surface area contributed by atoms with Gasteiger partial charge < -0.3 is 10.2 Å². The van der Waals surface area contributed by atoms with Gasteiger partial charge in [-0.3, -0.25) is 24.2 Å². The van der Waals surface area contributed by atoms with Gasteiger partial charge in [-0.25, -0.2) is 18.2 Å². The van der Waals surface area contributed by atoms with Gasteiger partial charge in [0.25, 0.3) is 11.8 Å². The number of nitrogens with zero attached hydrogens (tertiary/aromatic N) is 5. The lowest BCUT2D eigenvalue weighted by Crippen LogP contribution is -2.28. The van der Waals surface area contributed by atoms with Crippen LogP contribution in [-0.4, -0.2) is 76.4 Å². The summed E-state index contributed by atoms with van der Waals surface area (Å²) < 4.78 is 52.7. The Hall–Kier alpha value is -4.06. The Morgan fingerprint density at radius 2 is 1.93 bits per heavy atom. The molecule has 1 aliphatic rings. The zero-order valence-electron chi connectivity index (χ0n) is 21.7. The van der Waals surface area contributed by atoms with E-state index in [1.54, 1.807) is 34.3 Å². The van der Waals surface area contributed by atoms with Crippen LogP contribution in [0.5, 0.6) is 0 Å². The lowest BCUT2D eigenvalue weighted by molar-refractivity contribution is 0.0115. The Morgan fingerprint density at radius 3 is 2.65 bits per heavy atom. The maximum absolute atomic E-state index is 13.6. The smallest absolute Gasteiger partial charge is 0.276 e. The Kier molecular flexibility index (Phi) is 8.24. The van der Waals surface area contributed by atoms with Gasteiger partial charge in [-0.1, -0.05) is 6.07 Å². The third-order valence-electron chi connectivity index (χ3n) is 6.81. The fraction of sp³-hybridized carbons (Fsp3) is 0.357. The Bertz CT molecular complexity index is 1460. The number of H-pyrrole nitrogens is 1. The standard InChI is InChI=1S/C28H29F4N7O/c29-7-1-9-39(11-8-30)25-5-3-22(16-34-25)35-27(40)26-23-13-20(2-4-24(23)36-37-26)21-12-19(14-33-15-21)17-38-10-6-28(31,32)18-38/h2-5,12-16H,1,6-11,17-18H2,(H,35,40)(H,36,37). The molecule has 0 saturated carbocycles. The van der Waals surface area contributed by atoms with Crippen LogP contribution in [0, 0.1) is 0 Å². The van der Waals surface area contributed by atoms with Gasteiger partial charge in [0.1, 0.15) is 12.5 Å². The summed E-state index contributed by atoms with van der Waals surface area (Å²) in [7, 11) is 0. The molecule has 8 nitrogen and oxygen atoms in total. The highest BCUT2D eigenvalue weighted by Gasteiger charge is 2.37. The molecule has 3 aromatic heterocycles. The van der Waals surface area contributed by atoms with E-state index in [0.29, 0.717) is 42.0 Å². The van der Waals surface area contributed by atoms with E-state index in [4.69, 9.17) is 0 Å². The van der Waals surface area contributed by atoms with E-state index in [2.05, 4.69) is 25.5 Å². The van der Waals surface area contributed by atoms with E-state index in [9.17, 15) is 22.4 Å². The van der Waals surface area contributed by atoms with Gasteiger partial charge in [-0.05, 0) is 47.9 Å². The van der Waals surface area contributed by atoms with Crippen LogP contribution in [0.4, 0.5) is 29.1 Å². The third kappa shape index (κ3) is 6.39. The number of benzene rings is 1. The van der Waals surface area contributed by atoms with Crippen molar-refractivity contribution in [3.63, 3.8) is 0 Å². The minimum Gasteiger partial charge on any atom is -0.354 e. The molecule has 12 heteroatoms. The van der Waals surface area contributed by atoms with Crippen molar-refractivity contribution in [2.24, 2.45) is 0 Å². The summed E-state index contributed by atoms with van der Waals surface area (Å²) >= 11 is 0. The first kappa shape index (κ1) is 27.5. The summed E-state index contributed by atoms with van der Waals surface area (Å²) in [5.41, 5.74) is 3.70. The van der Waals surface area contributed by atoms with Crippen molar-refractivity contribution in [1.29, 1.82) is 0 Å². The normalized spacial score (nSPS) is 15.0. The molecular weight excluding hydrogens is 526 g/mol. The van der Waals surface area contributed by atoms with Crippen molar-refractivity contribution in [2.75, 3.05) is 49.7 Å². The summed E-state index contributed by atoms with van der Waals surface area (Å²) in [5.74, 6) is -2.61. The molecule has 1 saturated heterocycles. The zero-order valence-corrected chi connectivity index (χ0v) is 21.7. The first-order chi connectivity index (χ1) is 19.3. The summed E-state index contributed by atoms with van der Waals surface area (Å²) in [6.07, 6.45) is 4.95. The summed E-state index contributed by atoms with van der Waals surface area (Å²) in [6, 6.07) is 10.7. The summed E-state index contributed by atoms with van der Waals surface area (Å²) in [4.78, 5) is 25.1. The number of hydrogen-bond donors (Lipinski definition) is 2. The minimum atomic E-state index is -2.65. The SMILES string of the molecule is O=C(Nc1ccc(N(CCF)CCCF)nc1)c1n[nH]c2ccc(-c3cncc(CN4CCC(F)(F)C4)c3)cc12. The number of aromatic amines is 1. The number of pyridine rings is 2. The van der Waals surface area contributed by atoms with Gasteiger partial charge in [0, 0.05) is 55.9 Å². The number of nitrogens with one attached hydrogen (secondary N) is 2. The van der Waals surface area contributed by atoms with E-state index in [1.165, 1.54) is 6.20 Å². The number of aromatic nitrogens is 4. The van der Waals surface area contributed by atoms with Crippen LogP contribution >= 0.6 is 0 Å². The van der Waals surface area contributed by atoms with Crippen LogP contribution in [0.2, 0.25) is 0 Å². The molecule has 0 atom stereocenters. The highest BCUT2D eigenvalue weighted by Crippen LogP contribution is 2.30. The second-order valence-electron chi connectivity index (χ2n) is 9.81. The molecule has 0 radical (unpaired) electrons. The molecule has 1 aliphatic heterocycles. The van der Waals surface area contributed by atoms with Crippen LogP contribution in [-0.2, 0) is 6.54 Å². The van der Waals surface area contributed by atoms with E-state index < -0.39 is 25.2 Å². The third-order valence-corrected chi connectivity index (χ3v) is 6.81. The van der Waals surface area contributed by atoms with E-state index in [-0.39, 0.29) is 31.6 Å². The van der Waals surface area contributed by atoms with Crippen molar-refractivity contribution in [2.45, 2.75) is 25.3 Å². The Labute approximate surface area is 228 Å². The predicted octanol–water partition coefficient (Wildman–Crippen LogP) is 5.25. The van der Waals surface area contributed by atoms with Gasteiger partial charge in [0.2, 0.25) is 0 Å². The van der Waals surface area contributed by atoms with Crippen molar-refractivity contribution < 1.29 is 22.4 Å². The van der Waals surface area contributed by atoms with Gasteiger partial charge in [0.05, 0.1) is 30.6 Å². The average Bonchev–Trinajstić information content (AvgIpc) is 3.53. The number of hydrogen-bond acceptors (Lipinski definition) is 6. The summed E-state index contributed by atoms with van der Waals surface area (Å²) in [5, 5.41) is 10.4. The maximum atomic E-state index is 13.6. The molecule has 210 valence electrons. The average molecular weight is 556 g/mol. The number of amides is 1. The summed E-state index contributed by atoms with van der Waals surface area (Å²) in [6.45, 7) is -0.183. The monoisotopic (exact) mass is 555 g/mol. The fourth-order valence-electron chi connectivity index (χ4n) is 4.83. The molecule has 0 spiro atoms. The zero-order chi connectivity index (χ0) is 28.1. The minimum absolute atomic E-state index is 0.104. The van der Waals surface area contributed by atoms with Crippen molar-refractivity contribution in [1.82, 2.24) is 25.1 Å².